The summed E-state index contributed by atoms with van der Waals surface area (Å²) in [6.07, 6.45) is 3.12. The second-order valence-corrected chi connectivity index (χ2v) is 8.87. The molecule has 0 amide bonds. The molecule has 0 aromatic heterocycles. The number of carboxylic acids is 1. The molecule has 2 aromatic rings. The lowest BCUT2D eigenvalue weighted by atomic mass is 9.63. The zero-order chi connectivity index (χ0) is 19.7. The van der Waals surface area contributed by atoms with E-state index in [0.29, 0.717) is 6.42 Å². The van der Waals surface area contributed by atoms with E-state index < -0.39 is 5.97 Å². The first-order chi connectivity index (χ1) is 12.7. The van der Waals surface area contributed by atoms with Gasteiger partial charge in [-0.3, -0.25) is 4.79 Å². The molecule has 0 saturated heterocycles. The Morgan fingerprint density at radius 2 is 1.44 bits per heavy atom. The molecule has 0 radical (unpaired) electrons. The van der Waals surface area contributed by atoms with Gasteiger partial charge in [0.05, 0.1) is 0 Å². The van der Waals surface area contributed by atoms with E-state index in [-0.39, 0.29) is 17.3 Å². The lowest BCUT2D eigenvalue weighted by Gasteiger charge is -2.41. The molecule has 2 heteroatoms. The average Bonchev–Trinajstić information content (AvgIpc) is 2.63. The Morgan fingerprint density at radius 1 is 0.889 bits per heavy atom. The number of hydrogen-bond donors (Lipinski definition) is 1. The minimum absolute atomic E-state index is 0.159. The Bertz CT molecular complexity index is 906. The largest absolute Gasteiger partial charge is 0.481 e. The van der Waals surface area contributed by atoms with Crippen LogP contribution in [0.15, 0.2) is 42.5 Å². The third-order valence-electron chi connectivity index (χ3n) is 5.79. The summed E-state index contributed by atoms with van der Waals surface area (Å²) in [6.45, 7) is 9.32. The molecule has 0 saturated carbocycles. The van der Waals surface area contributed by atoms with Crippen LogP contribution in [0.25, 0.3) is 0 Å². The minimum atomic E-state index is -0.766. The van der Waals surface area contributed by atoms with Gasteiger partial charge in [0.2, 0.25) is 0 Å². The molecule has 3 rings (SSSR count). The molecule has 2 aromatic carbocycles. The van der Waals surface area contributed by atoms with E-state index in [1.54, 1.807) is 0 Å². The number of fused-ring (bicyclic) bond motifs is 1. The summed E-state index contributed by atoms with van der Waals surface area (Å²) in [6, 6.07) is 14.5. The van der Waals surface area contributed by atoms with Gasteiger partial charge in [-0.2, -0.15) is 0 Å². The van der Waals surface area contributed by atoms with Gasteiger partial charge in [-0.25, -0.2) is 0 Å². The van der Waals surface area contributed by atoms with Crippen molar-refractivity contribution in [1.29, 1.82) is 0 Å². The quantitative estimate of drug-likeness (QED) is 0.739. The third kappa shape index (κ3) is 4.42. The molecule has 1 N–H and O–H groups in total. The van der Waals surface area contributed by atoms with Gasteiger partial charge < -0.3 is 5.11 Å². The van der Waals surface area contributed by atoms with Crippen molar-refractivity contribution in [1.82, 2.24) is 0 Å². The monoisotopic (exact) mass is 360 g/mol. The lowest BCUT2D eigenvalue weighted by molar-refractivity contribution is -0.136. The molecule has 0 bridgehead atoms. The minimum Gasteiger partial charge on any atom is -0.481 e. The van der Waals surface area contributed by atoms with Crippen LogP contribution in [0, 0.1) is 11.8 Å². The number of rotatable bonds is 3. The molecule has 0 heterocycles. The number of hydrogen-bond acceptors (Lipinski definition) is 1. The predicted molar refractivity (Wildman–Crippen MR) is 110 cm³/mol. The first-order valence-corrected chi connectivity index (χ1v) is 9.65. The van der Waals surface area contributed by atoms with Crippen LogP contribution in [0.1, 0.15) is 74.8 Å². The first kappa shape index (κ1) is 19.2. The summed E-state index contributed by atoms with van der Waals surface area (Å²) in [5, 5.41) is 8.77. The average molecular weight is 360 g/mol. The highest BCUT2D eigenvalue weighted by molar-refractivity contribution is 5.67. The van der Waals surface area contributed by atoms with E-state index in [2.05, 4.69) is 57.7 Å². The van der Waals surface area contributed by atoms with E-state index >= 15 is 0 Å². The van der Waals surface area contributed by atoms with E-state index in [9.17, 15) is 4.79 Å². The molecule has 0 atom stereocenters. The van der Waals surface area contributed by atoms with E-state index in [4.69, 9.17) is 5.11 Å². The zero-order valence-corrected chi connectivity index (χ0v) is 16.7. The van der Waals surface area contributed by atoms with Crippen molar-refractivity contribution in [2.75, 3.05) is 0 Å². The van der Waals surface area contributed by atoms with E-state index in [1.165, 1.54) is 24.0 Å². The molecule has 1 aliphatic rings. The fourth-order valence-corrected chi connectivity index (χ4v) is 3.82. The first-order valence-electron chi connectivity index (χ1n) is 9.65. The maximum absolute atomic E-state index is 10.7. The standard InChI is InChI=1S/C25H28O2/c1-24(2)15-16-25(3,4)22-17-20(11-13-21(22)24)10-9-18-5-7-19(8-6-18)12-14-23(26)27/h5-8,11,13,17H,12,14-16H2,1-4H3,(H,26,27). The van der Waals surface area contributed by atoms with Crippen LogP contribution in [-0.4, -0.2) is 11.1 Å². The summed E-state index contributed by atoms with van der Waals surface area (Å²) in [7, 11) is 0. The number of carboxylic acid groups (broad SMARTS) is 1. The Labute approximate surface area is 162 Å². The van der Waals surface area contributed by atoms with Crippen molar-refractivity contribution in [2.45, 2.75) is 64.2 Å². The van der Waals surface area contributed by atoms with Crippen LogP contribution in [-0.2, 0) is 22.0 Å². The molecular formula is C25H28O2. The Balaban J connectivity index is 1.83. The molecule has 2 nitrogen and oxygen atoms in total. The van der Waals surface area contributed by atoms with E-state index in [0.717, 1.165) is 16.7 Å². The van der Waals surface area contributed by atoms with Gasteiger partial charge in [0, 0.05) is 17.5 Å². The normalized spacial score (nSPS) is 16.7. The summed E-state index contributed by atoms with van der Waals surface area (Å²) >= 11 is 0. The maximum atomic E-state index is 10.7. The van der Waals surface area contributed by atoms with Crippen LogP contribution in [0.5, 0.6) is 0 Å². The van der Waals surface area contributed by atoms with Gasteiger partial charge in [0.1, 0.15) is 0 Å². The maximum Gasteiger partial charge on any atom is 0.303 e. The molecule has 0 fully saturated rings. The lowest BCUT2D eigenvalue weighted by Crippen LogP contribution is -2.33. The fraction of sp³-hybridized carbons (Fsp3) is 0.400. The predicted octanol–water partition coefficient (Wildman–Crippen LogP) is 5.45. The summed E-state index contributed by atoms with van der Waals surface area (Å²) in [4.78, 5) is 10.7. The van der Waals surface area contributed by atoms with Crippen LogP contribution in [0.2, 0.25) is 0 Å². The van der Waals surface area contributed by atoms with Crippen molar-refractivity contribution < 1.29 is 9.90 Å². The zero-order valence-electron chi connectivity index (χ0n) is 16.7. The van der Waals surface area contributed by atoms with Crippen molar-refractivity contribution in [3.8, 4) is 11.8 Å². The number of benzene rings is 2. The van der Waals surface area contributed by atoms with Gasteiger partial charge >= 0.3 is 5.97 Å². The Kier molecular flexibility index (Phi) is 5.16. The molecular weight excluding hydrogens is 332 g/mol. The Morgan fingerprint density at radius 3 is 2.07 bits per heavy atom. The highest BCUT2D eigenvalue weighted by atomic mass is 16.4. The highest BCUT2D eigenvalue weighted by Gasteiger charge is 2.36. The number of aliphatic carboxylic acids is 1. The van der Waals surface area contributed by atoms with Crippen molar-refractivity contribution in [3.63, 3.8) is 0 Å². The van der Waals surface area contributed by atoms with Gasteiger partial charge in [-0.05, 0) is 71.0 Å². The van der Waals surface area contributed by atoms with Crippen molar-refractivity contribution in [2.24, 2.45) is 0 Å². The SMILES string of the molecule is CC1(C)CCC(C)(C)c2cc(C#Cc3ccc(CCC(=O)O)cc3)ccc21. The van der Waals surface area contributed by atoms with E-state index in [1.807, 2.05) is 24.3 Å². The summed E-state index contributed by atoms with van der Waals surface area (Å²) in [5.74, 6) is 5.78. The second-order valence-electron chi connectivity index (χ2n) is 8.87. The van der Waals surface area contributed by atoms with Crippen molar-refractivity contribution >= 4 is 5.97 Å². The Hall–Kier alpha value is -2.53. The highest BCUT2D eigenvalue weighted by Crippen LogP contribution is 2.45. The van der Waals surface area contributed by atoms with Gasteiger partial charge in [0.15, 0.2) is 0 Å². The van der Waals surface area contributed by atoms with Crippen molar-refractivity contribution in [3.05, 3.63) is 70.3 Å². The number of carbonyl (C=O) groups is 1. The van der Waals surface area contributed by atoms with Crippen LogP contribution >= 0.6 is 0 Å². The smallest absolute Gasteiger partial charge is 0.303 e. The van der Waals surface area contributed by atoms with Crippen LogP contribution < -0.4 is 0 Å². The summed E-state index contributed by atoms with van der Waals surface area (Å²) in [5.41, 5.74) is 6.32. The molecule has 0 spiro atoms. The van der Waals surface area contributed by atoms with Gasteiger partial charge in [0.25, 0.3) is 0 Å². The third-order valence-corrected chi connectivity index (χ3v) is 5.79. The van der Waals surface area contributed by atoms with Crippen LogP contribution in [0.3, 0.4) is 0 Å². The van der Waals surface area contributed by atoms with Crippen LogP contribution in [0.4, 0.5) is 0 Å². The fourth-order valence-electron chi connectivity index (χ4n) is 3.82. The molecule has 140 valence electrons. The second kappa shape index (κ2) is 7.24. The van der Waals surface area contributed by atoms with Gasteiger partial charge in [-0.15, -0.1) is 0 Å². The molecule has 0 unspecified atom stereocenters. The summed E-state index contributed by atoms with van der Waals surface area (Å²) < 4.78 is 0. The van der Waals surface area contributed by atoms with Gasteiger partial charge in [-0.1, -0.05) is 57.7 Å². The molecule has 27 heavy (non-hydrogen) atoms. The number of aryl methyl sites for hydroxylation is 1. The molecule has 1 aliphatic carbocycles. The molecule has 0 aliphatic heterocycles. The topological polar surface area (TPSA) is 37.3 Å².